The summed E-state index contributed by atoms with van der Waals surface area (Å²) in [6, 6.07) is 4.17. The van der Waals surface area contributed by atoms with E-state index in [-0.39, 0.29) is 11.9 Å². The van der Waals surface area contributed by atoms with E-state index in [1.54, 1.807) is 12.4 Å². The van der Waals surface area contributed by atoms with Crippen LogP contribution < -0.4 is 10.6 Å². The summed E-state index contributed by atoms with van der Waals surface area (Å²) < 4.78 is 0. The van der Waals surface area contributed by atoms with Gasteiger partial charge in [-0.2, -0.15) is 0 Å². The Bertz CT molecular complexity index is 401. The van der Waals surface area contributed by atoms with Gasteiger partial charge in [-0.1, -0.05) is 0 Å². The summed E-state index contributed by atoms with van der Waals surface area (Å²) >= 11 is 0. The molecule has 0 aromatic carbocycles. The lowest BCUT2D eigenvalue weighted by Crippen LogP contribution is -2.35. The van der Waals surface area contributed by atoms with Gasteiger partial charge in [-0.05, 0) is 69.3 Å². The molecule has 0 saturated carbocycles. The molecule has 1 aliphatic heterocycles. The maximum absolute atomic E-state index is 11.9. The van der Waals surface area contributed by atoms with Crippen LogP contribution in [0.4, 0.5) is 0 Å². The van der Waals surface area contributed by atoms with E-state index in [1.165, 1.54) is 18.4 Å². The molecule has 2 rings (SSSR count). The summed E-state index contributed by atoms with van der Waals surface area (Å²) in [7, 11) is 0. The lowest BCUT2D eigenvalue weighted by atomic mass is 9.93. The highest BCUT2D eigenvalue weighted by atomic mass is 16.1. The number of carbonyl (C=O) groups excluding carboxylic acids is 1. The quantitative estimate of drug-likeness (QED) is 0.834. The Morgan fingerprint density at radius 1 is 1.40 bits per heavy atom. The molecule has 1 fully saturated rings. The van der Waals surface area contributed by atoms with Gasteiger partial charge in [0.05, 0.1) is 0 Å². The lowest BCUT2D eigenvalue weighted by Gasteiger charge is -2.22. The van der Waals surface area contributed by atoms with Crippen molar-refractivity contribution in [3.8, 4) is 0 Å². The van der Waals surface area contributed by atoms with Crippen LogP contribution in [-0.4, -0.2) is 30.0 Å². The van der Waals surface area contributed by atoms with Crippen LogP contribution >= 0.6 is 0 Å². The summed E-state index contributed by atoms with van der Waals surface area (Å²) in [6.45, 7) is 4.26. The number of nitrogens with zero attached hydrogens (tertiary/aromatic N) is 1. The van der Waals surface area contributed by atoms with Crippen molar-refractivity contribution < 1.29 is 4.79 Å². The first kappa shape index (κ1) is 15.0. The maximum atomic E-state index is 11.9. The molecule has 4 heteroatoms. The Morgan fingerprint density at radius 2 is 2.10 bits per heavy atom. The third-order valence-corrected chi connectivity index (χ3v) is 3.94. The standard InChI is InChI=1S/C16H25N3O/c1-13(12-15-6-10-18-11-7-15)19-16(20)3-2-14-4-8-17-9-5-14/h6-7,10-11,13-14,17H,2-5,8-9,12H2,1H3,(H,19,20). The molecule has 4 nitrogen and oxygen atoms in total. The van der Waals surface area contributed by atoms with Crippen molar-refractivity contribution in [3.63, 3.8) is 0 Å². The van der Waals surface area contributed by atoms with E-state index in [2.05, 4.69) is 22.5 Å². The van der Waals surface area contributed by atoms with Crippen molar-refractivity contribution in [3.05, 3.63) is 30.1 Å². The zero-order valence-corrected chi connectivity index (χ0v) is 12.3. The van der Waals surface area contributed by atoms with Gasteiger partial charge in [-0.25, -0.2) is 0 Å². The SMILES string of the molecule is CC(Cc1ccncc1)NC(=O)CCC1CCNCC1. The summed E-state index contributed by atoms with van der Waals surface area (Å²) in [4.78, 5) is 15.9. The predicted octanol–water partition coefficient (Wildman–Crippen LogP) is 1.91. The fourth-order valence-corrected chi connectivity index (χ4v) is 2.78. The minimum atomic E-state index is 0.179. The number of rotatable bonds is 6. The van der Waals surface area contributed by atoms with E-state index in [0.717, 1.165) is 31.8 Å². The van der Waals surface area contributed by atoms with Gasteiger partial charge in [-0.3, -0.25) is 9.78 Å². The molecule has 1 aromatic rings. The van der Waals surface area contributed by atoms with Crippen LogP contribution in [0.25, 0.3) is 0 Å². The third-order valence-electron chi connectivity index (χ3n) is 3.94. The van der Waals surface area contributed by atoms with Crippen molar-refractivity contribution in [1.82, 2.24) is 15.6 Å². The molecule has 2 N–H and O–H groups in total. The second-order valence-corrected chi connectivity index (χ2v) is 5.76. The average Bonchev–Trinajstić information content (AvgIpc) is 2.47. The second-order valence-electron chi connectivity index (χ2n) is 5.76. The largest absolute Gasteiger partial charge is 0.353 e. The van der Waals surface area contributed by atoms with Crippen LogP contribution in [0.3, 0.4) is 0 Å². The second kappa shape index (κ2) is 8.00. The van der Waals surface area contributed by atoms with Crippen molar-refractivity contribution in [2.75, 3.05) is 13.1 Å². The van der Waals surface area contributed by atoms with Crippen molar-refractivity contribution in [1.29, 1.82) is 0 Å². The summed E-state index contributed by atoms with van der Waals surface area (Å²) in [5.74, 6) is 0.905. The molecular weight excluding hydrogens is 250 g/mol. The monoisotopic (exact) mass is 275 g/mol. The first-order valence-electron chi connectivity index (χ1n) is 7.63. The molecule has 0 bridgehead atoms. The fraction of sp³-hybridized carbons (Fsp3) is 0.625. The molecular formula is C16H25N3O. The van der Waals surface area contributed by atoms with Crippen molar-refractivity contribution in [2.24, 2.45) is 5.92 Å². The number of nitrogens with one attached hydrogen (secondary N) is 2. The Balaban J connectivity index is 1.65. The number of amides is 1. The topological polar surface area (TPSA) is 54.0 Å². The maximum Gasteiger partial charge on any atom is 0.220 e. The molecule has 1 atom stereocenters. The van der Waals surface area contributed by atoms with Gasteiger partial charge in [-0.15, -0.1) is 0 Å². The fourth-order valence-electron chi connectivity index (χ4n) is 2.78. The highest BCUT2D eigenvalue weighted by molar-refractivity contribution is 5.76. The van der Waals surface area contributed by atoms with Crippen LogP contribution in [0, 0.1) is 5.92 Å². The van der Waals surface area contributed by atoms with Crippen LogP contribution in [0.5, 0.6) is 0 Å². The Hall–Kier alpha value is -1.42. The molecule has 1 aliphatic rings. The smallest absolute Gasteiger partial charge is 0.220 e. The molecule has 1 saturated heterocycles. The van der Waals surface area contributed by atoms with Gasteiger partial charge in [0.1, 0.15) is 0 Å². The lowest BCUT2D eigenvalue weighted by molar-refractivity contribution is -0.122. The molecule has 0 spiro atoms. The Morgan fingerprint density at radius 3 is 2.80 bits per heavy atom. The van der Waals surface area contributed by atoms with Crippen LogP contribution in [0.2, 0.25) is 0 Å². The summed E-state index contributed by atoms with van der Waals surface area (Å²) in [5, 5.41) is 6.45. The number of hydrogen-bond donors (Lipinski definition) is 2. The Labute approximate surface area is 121 Å². The minimum Gasteiger partial charge on any atom is -0.353 e. The normalized spacial score (nSPS) is 17.6. The van der Waals surface area contributed by atoms with Crippen LogP contribution in [-0.2, 0) is 11.2 Å². The van der Waals surface area contributed by atoms with E-state index >= 15 is 0 Å². The van der Waals surface area contributed by atoms with Crippen molar-refractivity contribution in [2.45, 2.75) is 45.1 Å². The van der Waals surface area contributed by atoms with E-state index < -0.39 is 0 Å². The molecule has 1 unspecified atom stereocenters. The van der Waals surface area contributed by atoms with E-state index in [0.29, 0.717) is 6.42 Å². The zero-order chi connectivity index (χ0) is 14.2. The molecule has 0 aliphatic carbocycles. The van der Waals surface area contributed by atoms with Gasteiger partial charge < -0.3 is 10.6 Å². The first-order chi connectivity index (χ1) is 9.74. The van der Waals surface area contributed by atoms with Crippen LogP contribution in [0.1, 0.15) is 38.2 Å². The van der Waals surface area contributed by atoms with Gasteiger partial charge in [0.25, 0.3) is 0 Å². The van der Waals surface area contributed by atoms with Crippen molar-refractivity contribution >= 4 is 5.91 Å². The van der Waals surface area contributed by atoms with Gasteiger partial charge in [0.2, 0.25) is 5.91 Å². The van der Waals surface area contributed by atoms with E-state index in [9.17, 15) is 4.79 Å². The number of hydrogen-bond acceptors (Lipinski definition) is 3. The molecule has 1 aromatic heterocycles. The molecule has 2 heterocycles. The molecule has 110 valence electrons. The molecule has 20 heavy (non-hydrogen) atoms. The first-order valence-corrected chi connectivity index (χ1v) is 7.63. The number of pyridine rings is 1. The van der Waals surface area contributed by atoms with Gasteiger partial charge in [0.15, 0.2) is 0 Å². The predicted molar refractivity (Wildman–Crippen MR) is 80.4 cm³/mol. The highest BCUT2D eigenvalue weighted by Crippen LogP contribution is 2.17. The number of piperidine rings is 1. The van der Waals surface area contributed by atoms with Crippen LogP contribution in [0.15, 0.2) is 24.5 Å². The zero-order valence-electron chi connectivity index (χ0n) is 12.3. The minimum absolute atomic E-state index is 0.179. The summed E-state index contributed by atoms with van der Waals surface area (Å²) in [6.07, 6.45) is 8.55. The average molecular weight is 275 g/mol. The van der Waals surface area contributed by atoms with E-state index in [4.69, 9.17) is 0 Å². The highest BCUT2D eigenvalue weighted by Gasteiger charge is 2.15. The Kier molecular flexibility index (Phi) is 5.99. The number of aromatic nitrogens is 1. The van der Waals surface area contributed by atoms with Gasteiger partial charge >= 0.3 is 0 Å². The van der Waals surface area contributed by atoms with E-state index in [1.807, 2.05) is 12.1 Å². The number of carbonyl (C=O) groups is 1. The summed E-state index contributed by atoms with van der Waals surface area (Å²) in [5.41, 5.74) is 1.21. The van der Waals surface area contributed by atoms with Gasteiger partial charge in [0, 0.05) is 24.9 Å². The third kappa shape index (κ3) is 5.29. The molecule has 0 radical (unpaired) electrons. The molecule has 1 amide bonds.